The van der Waals surface area contributed by atoms with Gasteiger partial charge in [0, 0.05) is 29.7 Å². The molecule has 2 atom stereocenters. The lowest BCUT2D eigenvalue weighted by atomic mass is 9.85. The fraction of sp³-hybridized carbons (Fsp3) is 0.440. The molecule has 1 aromatic carbocycles. The number of fused-ring (bicyclic) bond motifs is 1. The molecule has 32 heavy (non-hydrogen) atoms. The van der Waals surface area contributed by atoms with Crippen LogP contribution in [0, 0.1) is 5.92 Å². The number of thioether (sulfide) groups is 1. The first-order chi connectivity index (χ1) is 15.7. The molecule has 5 rings (SSSR count). The average molecular weight is 448 g/mol. The maximum atomic E-state index is 12.7. The first kappa shape index (κ1) is 21.2. The number of nitrogens with zero attached hydrogens (tertiary/aromatic N) is 4. The molecule has 0 spiro atoms. The number of carbonyl (C=O) groups is 1. The van der Waals surface area contributed by atoms with Crippen LogP contribution in [0.1, 0.15) is 56.2 Å². The largest absolute Gasteiger partial charge is 0.325 e. The summed E-state index contributed by atoms with van der Waals surface area (Å²) in [4.78, 5) is 17.0. The van der Waals surface area contributed by atoms with Gasteiger partial charge in [0.2, 0.25) is 5.91 Å². The van der Waals surface area contributed by atoms with Crippen LogP contribution >= 0.6 is 11.8 Å². The van der Waals surface area contributed by atoms with Crippen LogP contribution in [-0.4, -0.2) is 31.4 Å². The molecule has 3 aromatic rings. The van der Waals surface area contributed by atoms with Crippen molar-refractivity contribution < 1.29 is 4.79 Å². The van der Waals surface area contributed by atoms with E-state index in [4.69, 9.17) is 0 Å². The monoisotopic (exact) mass is 447 g/mol. The molecule has 0 aliphatic heterocycles. The van der Waals surface area contributed by atoms with Crippen molar-refractivity contribution in [2.45, 2.75) is 63.1 Å². The Morgan fingerprint density at radius 2 is 2.00 bits per heavy atom. The SMILES string of the molecule is C[C@@H]1CCCC[C@H]1n1c(SCC(=O)Nc2ccc3c(c2)CCC3)nnc1-c1cccnc1. The van der Waals surface area contributed by atoms with E-state index in [1.54, 1.807) is 6.20 Å². The number of benzene rings is 1. The van der Waals surface area contributed by atoms with E-state index < -0.39 is 0 Å². The number of anilines is 1. The van der Waals surface area contributed by atoms with E-state index in [9.17, 15) is 4.79 Å². The molecule has 1 saturated carbocycles. The van der Waals surface area contributed by atoms with Gasteiger partial charge >= 0.3 is 0 Å². The molecule has 1 fully saturated rings. The number of carbonyl (C=O) groups excluding carboxylic acids is 1. The van der Waals surface area contributed by atoms with E-state index in [2.05, 4.69) is 44.1 Å². The van der Waals surface area contributed by atoms with E-state index in [0.29, 0.717) is 17.7 Å². The van der Waals surface area contributed by atoms with Gasteiger partial charge in [-0.05, 0) is 73.4 Å². The molecule has 0 unspecified atom stereocenters. The Balaban J connectivity index is 1.34. The topological polar surface area (TPSA) is 72.7 Å². The van der Waals surface area contributed by atoms with E-state index >= 15 is 0 Å². The number of rotatable bonds is 6. The highest BCUT2D eigenvalue weighted by Crippen LogP contribution is 2.38. The molecule has 0 radical (unpaired) electrons. The number of hydrogen-bond acceptors (Lipinski definition) is 5. The minimum atomic E-state index is -0.0119. The Bertz CT molecular complexity index is 1100. The zero-order valence-corrected chi connectivity index (χ0v) is 19.3. The predicted molar refractivity (Wildman–Crippen MR) is 128 cm³/mol. The molecule has 1 amide bonds. The van der Waals surface area contributed by atoms with E-state index in [-0.39, 0.29) is 5.91 Å². The number of nitrogens with one attached hydrogen (secondary N) is 1. The highest BCUT2D eigenvalue weighted by atomic mass is 32.2. The molecule has 0 bridgehead atoms. The maximum absolute atomic E-state index is 12.7. The van der Waals surface area contributed by atoms with Crippen molar-refractivity contribution in [2.24, 2.45) is 5.92 Å². The van der Waals surface area contributed by atoms with E-state index in [0.717, 1.165) is 41.5 Å². The molecule has 6 nitrogen and oxygen atoms in total. The van der Waals surface area contributed by atoms with Crippen LogP contribution in [0.3, 0.4) is 0 Å². The molecule has 1 N–H and O–H groups in total. The summed E-state index contributed by atoms with van der Waals surface area (Å²) in [6.07, 6.45) is 11.9. The average Bonchev–Trinajstić information content (AvgIpc) is 3.45. The lowest BCUT2D eigenvalue weighted by Gasteiger charge is -2.31. The molecule has 2 aromatic heterocycles. The summed E-state index contributed by atoms with van der Waals surface area (Å²) in [7, 11) is 0. The molecule has 166 valence electrons. The van der Waals surface area contributed by atoms with Crippen LogP contribution in [0.4, 0.5) is 5.69 Å². The third kappa shape index (κ3) is 4.44. The van der Waals surface area contributed by atoms with Crippen LogP contribution in [0.25, 0.3) is 11.4 Å². The number of hydrogen-bond donors (Lipinski definition) is 1. The van der Waals surface area contributed by atoms with Crippen molar-refractivity contribution in [1.29, 1.82) is 0 Å². The van der Waals surface area contributed by atoms with E-state index in [1.807, 2.05) is 24.4 Å². The van der Waals surface area contributed by atoms with E-state index in [1.165, 1.54) is 48.6 Å². The van der Waals surface area contributed by atoms with Gasteiger partial charge in [-0.2, -0.15) is 0 Å². The normalized spacial score (nSPS) is 20.2. The highest BCUT2D eigenvalue weighted by Gasteiger charge is 2.29. The quantitative estimate of drug-likeness (QED) is 0.518. The zero-order valence-electron chi connectivity index (χ0n) is 18.5. The van der Waals surface area contributed by atoms with Crippen LogP contribution in [0.5, 0.6) is 0 Å². The highest BCUT2D eigenvalue weighted by molar-refractivity contribution is 7.99. The van der Waals surface area contributed by atoms with Gasteiger partial charge in [0.1, 0.15) is 0 Å². The first-order valence-corrected chi connectivity index (χ1v) is 12.6. The van der Waals surface area contributed by atoms with Gasteiger partial charge in [0.15, 0.2) is 11.0 Å². The third-order valence-electron chi connectivity index (χ3n) is 6.70. The summed E-state index contributed by atoms with van der Waals surface area (Å²) in [5.74, 6) is 1.69. The number of pyridine rings is 1. The zero-order chi connectivity index (χ0) is 21.9. The number of amides is 1. The van der Waals surface area contributed by atoms with Crippen molar-refractivity contribution in [2.75, 3.05) is 11.1 Å². The standard InChI is InChI=1S/C25H29N5OS/c1-17-6-2-3-10-22(17)30-24(20-9-5-13-26-15-20)28-29-25(30)32-16-23(31)27-21-12-11-18-7-4-8-19(18)14-21/h5,9,11-15,17,22H,2-4,6-8,10,16H2,1H3,(H,27,31)/t17-,22-/m1/s1. The van der Waals surface area contributed by atoms with Crippen molar-refractivity contribution >= 4 is 23.4 Å². The molecule has 0 saturated heterocycles. The van der Waals surface area contributed by atoms with Gasteiger partial charge in [-0.15, -0.1) is 10.2 Å². The second-order valence-electron chi connectivity index (χ2n) is 8.92. The van der Waals surface area contributed by atoms with Crippen molar-refractivity contribution in [3.8, 4) is 11.4 Å². The Kier molecular flexibility index (Phi) is 6.26. The van der Waals surface area contributed by atoms with Gasteiger partial charge in [-0.1, -0.05) is 37.6 Å². The summed E-state index contributed by atoms with van der Waals surface area (Å²) in [6.45, 7) is 2.31. The fourth-order valence-corrected chi connectivity index (χ4v) is 5.82. The van der Waals surface area contributed by atoms with Crippen LogP contribution in [-0.2, 0) is 17.6 Å². The lowest BCUT2D eigenvalue weighted by molar-refractivity contribution is -0.113. The molecular formula is C25H29N5OS. The molecule has 2 aliphatic carbocycles. The van der Waals surface area contributed by atoms with Crippen molar-refractivity contribution in [3.05, 3.63) is 53.9 Å². The maximum Gasteiger partial charge on any atom is 0.234 e. The third-order valence-corrected chi connectivity index (χ3v) is 7.64. The molecule has 7 heteroatoms. The molecule has 2 aliphatic rings. The minimum Gasteiger partial charge on any atom is -0.325 e. The summed E-state index contributed by atoms with van der Waals surface area (Å²) in [6, 6.07) is 10.6. The summed E-state index contributed by atoms with van der Waals surface area (Å²) in [5.41, 5.74) is 4.62. The first-order valence-electron chi connectivity index (χ1n) is 11.6. The van der Waals surface area contributed by atoms with Gasteiger partial charge in [0.25, 0.3) is 0 Å². The second kappa shape index (κ2) is 9.45. The lowest BCUT2D eigenvalue weighted by Crippen LogP contribution is -2.23. The van der Waals surface area contributed by atoms with Crippen LogP contribution in [0.2, 0.25) is 0 Å². The summed E-state index contributed by atoms with van der Waals surface area (Å²) in [5, 5.41) is 12.9. The van der Waals surface area contributed by atoms with Gasteiger partial charge in [-0.3, -0.25) is 14.3 Å². The number of aromatic nitrogens is 4. The predicted octanol–water partition coefficient (Wildman–Crippen LogP) is 5.31. The molecule has 2 heterocycles. The second-order valence-corrected chi connectivity index (χ2v) is 9.86. The van der Waals surface area contributed by atoms with Crippen LogP contribution < -0.4 is 5.32 Å². The minimum absolute atomic E-state index is 0.0119. The van der Waals surface area contributed by atoms with Gasteiger partial charge < -0.3 is 5.32 Å². The Labute approximate surface area is 193 Å². The summed E-state index contributed by atoms with van der Waals surface area (Å²) >= 11 is 1.47. The Morgan fingerprint density at radius 3 is 2.84 bits per heavy atom. The Hall–Kier alpha value is -2.67. The number of aryl methyl sites for hydroxylation is 2. The fourth-order valence-electron chi connectivity index (χ4n) is 5.02. The van der Waals surface area contributed by atoms with Crippen LogP contribution in [0.15, 0.2) is 47.9 Å². The van der Waals surface area contributed by atoms with Crippen molar-refractivity contribution in [3.63, 3.8) is 0 Å². The Morgan fingerprint density at radius 1 is 1.12 bits per heavy atom. The van der Waals surface area contributed by atoms with Crippen molar-refractivity contribution in [1.82, 2.24) is 19.7 Å². The van der Waals surface area contributed by atoms with Gasteiger partial charge in [-0.25, -0.2) is 0 Å². The summed E-state index contributed by atoms with van der Waals surface area (Å²) < 4.78 is 2.26. The smallest absolute Gasteiger partial charge is 0.234 e. The van der Waals surface area contributed by atoms with Gasteiger partial charge in [0.05, 0.1) is 5.75 Å². The molecular weight excluding hydrogens is 418 g/mol.